The first-order valence-corrected chi connectivity index (χ1v) is 24.8. The molecule has 0 aromatic heterocycles. The molecule has 0 radical (unpaired) electrons. The van der Waals surface area contributed by atoms with Gasteiger partial charge in [0, 0.05) is 12.8 Å². The van der Waals surface area contributed by atoms with Crippen molar-refractivity contribution in [3.8, 4) is 0 Å². The molecular weight excluding hydrogens is 707 g/mol. The van der Waals surface area contributed by atoms with E-state index in [-0.39, 0.29) is 18.5 Å². The highest BCUT2D eigenvalue weighted by atomic mass is 16.5. The van der Waals surface area contributed by atoms with Gasteiger partial charge in [0.2, 0.25) is 5.91 Å². The second-order valence-corrected chi connectivity index (χ2v) is 16.8. The minimum atomic E-state index is -0.849. The minimum Gasteiger partial charge on any atom is -0.466 e. The Morgan fingerprint density at radius 2 is 0.877 bits per heavy atom. The number of aliphatic hydroxyl groups is 2. The van der Waals surface area contributed by atoms with E-state index in [0.717, 1.165) is 64.2 Å². The molecule has 0 spiro atoms. The van der Waals surface area contributed by atoms with Gasteiger partial charge in [-0.05, 0) is 64.2 Å². The van der Waals surface area contributed by atoms with Crippen LogP contribution in [0, 0.1) is 0 Å². The molecule has 0 aromatic rings. The monoisotopic (exact) mass is 802 g/mol. The van der Waals surface area contributed by atoms with Crippen LogP contribution >= 0.6 is 0 Å². The summed E-state index contributed by atoms with van der Waals surface area (Å²) in [6.45, 7) is 4.81. The molecule has 0 bridgehead atoms. The Bertz CT molecular complexity index is 931. The molecule has 57 heavy (non-hydrogen) atoms. The maximum absolute atomic E-state index is 12.4. The second-order valence-electron chi connectivity index (χ2n) is 16.8. The molecule has 0 heterocycles. The molecular formula is C51H95NO5. The number of hydrogen-bond donors (Lipinski definition) is 3. The van der Waals surface area contributed by atoms with E-state index in [1.54, 1.807) is 6.08 Å². The summed E-state index contributed by atoms with van der Waals surface area (Å²) >= 11 is 0. The van der Waals surface area contributed by atoms with Crippen LogP contribution in [0.25, 0.3) is 0 Å². The lowest BCUT2D eigenvalue weighted by atomic mass is 10.0. The molecule has 6 nitrogen and oxygen atoms in total. The summed E-state index contributed by atoms with van der Waals surface area (Å²) in [4.78, 5) is 24.4. The first-order chi connectivity index (χ1) is 28.0. The van der Waals surface area contributed by atoms with Crippen molar-refractivity contribution in [1.82, 2.24) is 5.32 Å². The van der Waals surface area contributed by atoms with E-state index < -0.39 is 12.1 Å². The largest absolute Gasteiger partial charge is 0.466 e. The highest BCUT2D eigenvalue weighted by molar-refractivity contribution is 5.76. The molecule has 334 valence electrons. The van der Waals surface area contributed by atoms with Crippen LogP contribution < -0.4 is 5.32 Å². The Morgan fingerprint density at radius 3 is 1.37 bits per heavy atom. The third kappa shape index (κ3) is 43.5. The Balaban J connectivity index is 3.44. The lowest BCUT2D eigenvalue weighted by Gasteiger charge is -2.20. The number of esters is 1. The van der Waals surface area contributed by atoms with Crippen molar-refractivity contribution in [3.05, 3.63) is 36.5 Å². The predicted octanol–water partition coefficient (Wildman–Crippen LogP) is 14.5. The Kier molecular flexibility index (Phi) is 45.2. The van der Waals surface area contributed by atoms with Gasteiger partial charge in [0.05, 0.1) is 25.4 Å². The van der Waals surface area contributed by atoms with E-state index in [1.807, 2.05) is 6.08 Å². The SMILES string of the molecule is CCCCC/C=C\C/C=C\CCCCCCCCCC(=O)OCCCCCCCCCCCCCCCCC(=O)NC(CO)C(O)/C=C/CCCCCCCCC. The van der Waals surface area contributed by atoms with E-state index in [9.17, 15) is 19.8 Å². The average Bonchev–Trinajstić information content (AvgIpc) is 3.21. The van der Waals surface area contributed by atoms with Crippen LogP contribution in [0.4, 0.5) is 0 Å². The average molecular weight is 802 g/mol. The van der Waals surface area contributed by atoms with Gasteiger partial charge in [0.25, 0.3) is 0 Å². The molecule has 2 unspecified atom stereocenters. The number of hydrogen-bond acceptors (Lipinski definition) is 5. The topological polar surface area (TPSA) is 95.9 Å². The summed E-state index contributed by atoms with van der Waals surface area (Å²) in [6, 6.07) is -0.634. The van der Waals surface area contributed by atoms with Gasteiger partial charge in [0.15, 0.2) is 0 Å². The van der Waals surface area contributed by atoms with Gasteiger partial charge < -0.3 is 20.3 Å². The number of unbranched alkanes of at least 4 members (excludes halogenated alkanes) is 30. The zero-order valence-corrected chi connectivity index (χ0v) is 37.8. The highest BCUT2D eigenvalue weighted by Gasteiger charge is 2.18. The molecule has 0 aliphatic carbocycles. The molecule has 0 saturated heterocycles. The minimum absolute atomic E-state index is 0.0123. The third-order valence-electron chi connectivity index (χ3n) is 11.2. The summed E-state index contributed by atoms with van der Waals surface area (Å²) in [5, 5.41) is 22.9. The molecule has 0 fully saturated rings. The van der Waals surface area contributed by atoms with Crippen molar-refractivity contribution in [2.75, 3.05) is 13.2 Å². The van der Waals surface area contributed by atoms with Crippen molar-refractivity contribution in [1.29, 1.82) is 0 Å². The van der Waals surface area contributed by atoms with Crippen molar-refractivity contribution >= 4 is 11.9 Å². The molecule has 0 saturated carbocycles. The number of carbonyl (C=O) groups excluding carboxylic acids is 2. The molecule has 6 heteroatoms. The van der Waals surface area contributed by atoms with Gasteiger partial charge in [-0.3, -0.25) is 9.59 Å². The fourth-order valence-corrected chi connectivity index (χ4v) is 7.31. The Morgan fingerprint density at radius 1 is 0.491 bits per heavy atom. The Hall–Kier alpha value is -1.92. The molecule has 2 atom stereocenters. The van der Waals surface area contributed by atoms with Crippen molar-refractivity contribution in [3.63, 3.8) is 0 Å². The van der Waals surface area contributed by atoms with Crippen LogP contribution in [0.15, 0.2) is 36.5 Å². The van der Waals surface area contributed by atoms with E-state index >= 15 is 0 Å². The van der Waals surface area contributed by atoms with E-state index in [0.29, 0.717) is 19.4 Å². The summed E-state index contributed by atoms with van der Waals surface area (Å²) in [7, 11) is 0. The summed E-state index contributed by atoms with van der Waals surface area (Å²) < 4.78 is 5.46. The summed E-state index contributed by atoms with van der Waals surface area (Å²) in [5.41, 5.74) is 0. The zero-order chi connectivity index (χ0) is 41.5. The Labute approximate surface area is 353 Å². The van der Waals surface area contributed by atoms with Crippen LogP contribution in [-0.4, -0.2) is 47.4 Å². The molecule has 0 aliphatic rings. The van der Waals surface area contributed by atoms with Crippen LogP contribution in [0.2, 0.25) is 0 Å². The number of nitrogens with one attached hydrogen (secondary N) is 1. The van der Waals surface area contributed by atoms with E-state index in [1.165, 1.54) is 161 Å². The molecule has 0 rings (SSSR count). The van der Waals surface area contributed by atoms with Crippen molar-refractivity contribution in [2.45, 2.75) is 264 Å². The van der Waals surface area contributed by atoms with Crippen LogP contribution in [-0.2, 0) is 14.3 Å². The summed E-state index contributed by atoms with van der Waals surface area (Å²) in [5.74, 6) is -0.0949. The second kappa shape index (κ2) is 46.8. The number of carbonyl (C=O) groups is 2. The fourth-order valence-electron chi connectivity index (χ4n) is 7.31. The quantitative estimate of drug-likeness (QED) is 0.0324. The molecule has 0 aromatic carbocycles. The van der Waals surface area contributed by atoms with Gasteiger partial charge in [0.1, 0.15) is 0 Å². The number of aliphatic hydroxyl groups excluding tert-OH is 2. The standard InChI is InChI=1S/C51H95NO5/c1-3-5-7-9-11-13-14-15-16-17-18-22-25-29-33-37-41-45-51(56)57-46-42-38-34-30-26-23-20-19-21-24-28-32-36-40-44-50(55)52-48(47-53)49(54)43-39-35-31-27-12-10-8-6-4-2/h11,13,15-16,39,43,48-49,53-54H,3-10,12,14,17-38,40-42,44-47H2,1-2H3,(H,52,55)/b13-11-,16-15-,43-39+. The normalized spacial score (nSPS) is 13.0. The van der Waals surface area contributed by atoms with Gasteiger partial charge in [-0.25, -0.2) is 0 Å². The van der Waals surface area contributed by atoms with Gasteiger partial charge >= 0.3 is 5.97 Å². The molecule has 3 N–H and O–H groups in total. The summed E-state index contributed by atoms with van der Waals surface area (Å²) in [6.07, 6.45) is 55.7. The predicted molar refractivity (Wildman–Crippen MR) is 246 cm³/mol. The van der Waals surface area contributed by atoms with Gasteiger partial charge in [-0.2, -0.15) is 0 Å². The van der Waals surface area contributed by atoms with E-state index in [4.69, 9.17) is 4.74 Å². The third-order valence-corrected chi connectivity index (χ3v) is 11.2. The van der Waals surface area contributed by atoms with Crippen LogP contribution in [0.3, 0.4) is 0 Å². The van der Waals surface area contributed by atoms with Gasteiger partial charge in [-0.1, -0.05) is 211 Å². The first-order valence-electron chi connectivity index (χ1n) is 24.8. The van der Waals surface area contributed by atoms with E-state index in [2.05, 4.69) is 43.5 Å². The fraction of sp³-hybridized carbons (Fsp3) is 0.843. The van der Waals surface area contributed by atoms with Crippen molar-refractivity contribution < 1.29 is 24.5 Å². The van der Waals surface area contributed by atoms with Gasteiger partial charge in [-0.15, -0.1) is 0 Å². The smallest absolute Gasteiger partial charge is 0.305 e. The maximum atomic E-state index is 12.4. The molecule has 0 aliphatic heterocycles. The van der Waals surface area contributed by atoms with Crippen LogP contribution in [0.1, 0.15) is 251 Å². The number of amides is 1. The molecule has 1 amide bonds. The lowest BCUT2D eigenvalue weighted by Crippen LogP contribution is -2.45. The first kappa shape index (κ1) is 55.1. The lowest BCUT2D eigenvalue weighted by molar-refractivity contribution is -0.143. The maximum Gasteiger partial charge on any atom is 0.305 e. The van der Waals surface area contributed by atoms with Crippen molar-refractivity contribution in [2.24, 2.45) is 0 Å². The van der Waals surface area contributed by atoms with Crippen LogP contribution in [0.5, 0.6) is 0 Å². The number of allylic oxidation sites excluding steroid dienone is 5. The zero-order valence-electron chi connectivity index (χ0n) is 37.8. The highest BCUT2D eigenvalue weighted by Crippen LogP contribution is 2.15. The number of ether oxygens (including phenoxy) is 1. The number of rotatable bonds is 45.